The molecule has 150 valence electrons. The van der Waals surface area contributed by atoms with Gasteiger partial charge in [0.1, 0.15) is 13.7 Å². The van der Waals surface area contributed by atoms with Crippen molar-refractivity contribution in [3.05, 3.63) is 71.3 Å². The molecule has 6 nitrogen and oxygen atoms in total. The van der Waals surface area contributed by atoms with Crippen molar-refractivity contribution < 1.29 is 14.5 Å². The van der Waals surface area contributed by atoms with Crippen molar-refractivity contribution in [2.75, 3.05) is 7.11 Å². The fourth-order valence-corrected chi connectivity index (χ4v) is 4.13. The van der Waals surface area contributed by atoms with Gasteiger partial charge in [0.2, 0.25) is 0 Å². The molecule has 6 heteroatoms. The zero-order chi connectivity index (χ0) is 20.3. The van der Waals surface area contributed by atoms with Crippen molar-refractivity contribution >= 4 is 17.8 Å². The highest BCUT2D eigenvalue weighted by Crippen LogP contribution is 2.62. The zero-order valence-electron chi connectivity index (χ0n) is 16.5. The lowest BCUT2D eigenvalue weighted by molar-refractivity contribution is -0.112. The van der Waals surface area contributed by atoms with Crippen LogP contribution in [0.5, 0.6) is 0 Å². The van der Waals surface area contributed by atoms with Crippen LogP contribution in [0.4, 0.5) is 0 Å². The summed E-state index contributed by atoms with van der Waals surface area (Å²) < 4.78 is 0. The summed E-state index contributed by atoms with van der Waals surface area (Å²) in [4.78, 5) is 22.1. The number of benzene rings is 2. The van der Waals surface area contributed by atoms with Gasteiger partial charge in [-0.1, -0.05) is 64.9 Å². The third kappa shape index (κ3) is 4.01. The van der Waals surface area contributed by atoms with Gasteiger partial charge in [-0.2, -0.15) is 0 Å². The van der Waals surface area contributed by atoms with E-state index in [1.54, 1.807) is 6.07 Å². The van der Waals surface area contributed by atoms with Gasteiger partial charge in [-0.3, -0.25) is 4.79 Å². The molecule has 0 aromatic heterocycles. The predicted molar refractivity (Wildman–Crippen MR) is 111 cm³/mol. The molecule has 2 N–H and O–H groups in total. The normalized spacial score (nSPS) is 23.8. The van der Waals surface area contributed by atoms with Gasteiger partial charge in [0, 0.05) is 16.5 Å². The Bertz CT molecular complexity index is 937. The van der Waals surface area contributed by atoms with E-state index in [4.69, 9.17) is 15.4 Å². The molecule has 0 saturated heterocycles. The molecule has 2 saturated carbocycles. The van der Waals surface area contributed by atoms with E-state index in [1.165, 1.54) is 25.5 Å². The van der Waals surface area contributed by atoms with Gasteiger partial charge >= 0.3 is 0 Å². The number of carbonyl (C=O) groups excluding carboxylic acids is 1. The Morgan fingerprint density at radius 2 is 1.90 bits per heavy atom. The molecule has 1 amide bonds. The van der Waals surface area contributed by atoms with E-state index in [2.05, 4.69) is 34.6 Å². The first kappa shape index (κ1) is 19.2. The molecular formula is C23H25N3O3. The van der Waals surface area contributed by atoms with Crippen LogP contribution in [0.2, 0.25) is 0 Å². The highest BCUT2D eigenvalue weighted by Gasteiger charge is 2.60. The molecule has 0 heterocycles. The van der Waals surface area contributed by atoms with E-state index >= 15 is 0 Å². The maximum absolute atomic E-state index is 11.7. The zero-order valence-corrected chi connectivity index (χ0v) is 16.5. The van der Waals surface area contributed by atoms with Crippen LogP contribution in [0.25, 0.3) is 0 Å². The lowest BCUT2D eigenvalue weighted by atomic mass is 9.93. The van der Waals surface area contributed by atoms with Crippen molar-refractivity contribution in [3.8, 4) is 0 Å². The monoisotopic (exact) mass is 391 g/mol. The number of amides is 1. The molecule has 0 bridgehead atoms. The molecule has 29 heavy (non-hydrogen) atoms. The van der Waals surface area contributed by atoms with Gasteiger partial charge in [0.05, 0.1) is 6.21 Å². The van der Waals surface area contributed by atoms with E-state index in [1.807, 2.05) is 30.5 Å². The van der Waals surface area contributed by atoms with Crippen molar-refractivity contribution in [1.82, 2.24) is 0 Å². The van der Waals surface area contributed by atoms with Gasteiger partial charge < -0.3 is 15.4 Å². The van der Waals surface area contributed by atoms with Gasteiger partial charge in [-0.25, -0.2) is 0 Å². The summed E-state index contributed by atoms with van der Waals surface area (Å²) in [5, 5.41) is 8.07. The molecule has 2 aliphatic carbocycles. The van der Waals surface area contributed by atoms with Crippen molar-refractivity contribution in [2.24, 2.45) is 27.9 Å². The topological polar surface area (TPSA) is 86.3 Å². The number of hydrogen-bond acceptors (Lipinski definition) is 5. The van der Waals surface area contributed by atoms with Crippen LogP contribution in [0.3, 0.4) is 0 Å². The molecule has 2 atom stereocenters. The van der Waals surface area contributed by atoms with Crippen molar-refractivity contribution in [3.63, 3.8) is 0 Å². The van der Waals surface area contributed by atoms with Gasteiger partial charge in [-0.15, -0.1) is 0 Å². The van der Waals surface area contributed by atoms with Crippen LogP contribution in [0, 0.1) is 11.8 Å². The second-order valence-corrected chi connectivity index (χ2v) is 7.71. The second kappa shape index (κ2) is 8.07. The lowest BCUT2D eigenvalue weighted by Crippen LogP contribution is -2.25. The molecule has 0 spiro atoms. The molecular weight excluding hydrogens is 366 g/mol. The summed E-state index contributed by atoms with van der Waals surface area (Å²) in [6.45, 7) is 0.210. The number of carbonyl (C=O) groups is 1. The average Bonchev–Trinajstić information content (AvgIpc) is 3.65. The predicted octanol–water partition coefficient (Wildman–Crippen LogP) is 3.39. The average molecular weight is 391 g/mol. The van der Waals surface area contributed by atoms with Gasteiger partial charge in [-0.05, 0) is 36.7 Å². The largest absolute Gasteiger partial charge is 0.398 e. The summed E-state index contributed by atoms with van der Waals surface area (Å²) in [5.74, 6) is 0.807. The van der Waals surface area contributed by atoms with Crippen LogP contribution in [0.1, 0.15) is 36.0 Å². The van der Waals surface area contributed by atoms with Crippen LogP contribution >= 0.6 is 0 Å². The van der Waals surface area contributed by atoms with Crippen LogP contribution < -0.4 is 5.73 Å². The van der Waals surface area contributed by atoms with Gasteiger partial charge in [0.15, 0.2) is 5.71 Å². The van der Waals surface area contributed by atoms with Crippen LogP contribution in [-0.2, 0) is 26.5 Å². The molecule has 2 fully saturated rings. The number of nitrogens with zero attached hydrogens (tertiary/aromatic N) is 2. The number of nitrogens with two attached hydrogens (primary N) is 1. The summed E-state index contributed by atoms with van der Waals surface area (Å²) >= 11 is 0. The molecule has 4 rings (SSSR count). The number of hydrogen-bond donors (Lipinski definition) is 1. The van der Waals surface area contributed by atoms with Crippen molar-refractivity contribution in [1.29, 1.82) is 0 Å². The molecule has 2 unspecified atom stereocenters. The first-order valence-electron chi connectivity index (χ1n) is 9.87. The summed E-state index contributed by atoms with van der Waals surface area (Å²) in [6, 6.07) is 17.8. The number of primary amides is 1. The van der Waals surface area contributed by atoms with E-state index in [-0.39, 0.29) is 17.7 Å². The standard InChI is InChI=1S/C23H25N3O3/c1-28-26-21(22(24)27)19-10-6-5-7-17(19)14-29-25-15-23(13-20(23)16-11-12-16)18-8-3-2-4-9-18/h2-10,15-16,20H,11-14H2,1H3,(H2,24,27). The Labute approximate surface area is 170 Å². The van der Waals surface area contributed by atoms with E-state index in [0.29, 0.717) is 11.5 Å². The molecule has 0 aliphatic heterocycles. The van der Waals surface area contributed by atoms with E-state index in [0.717, 1.165) is 17.9 Å². The Kier molecular flexibility index (Phi) is 5.34. The fraction of sp³-hybridized carbons (Fsp3) is 0.348. The minimum Gasteiger partial charge on any atom is -0.398 e. The van der Waals surface area contributed by atoms with Crippen LogP contribution in [0.15, 0.2) is 64.9 Å². The molecule has 2 aliphatic rings. The molecule has 2 aromatic carbocycles. The lowest BCUT2D eigenvalue weighted by Gasteiger charge is -2.13. The quantitative estimate of drug-likeness (QED) is 0.525. The summed E-state index contributed by atoms with van der Waals surface area (Å²) in [5.41, 5.74) is 8.13. The minimum atomic E-state index is -0.656. The highest BCUT2D eigenvalue weighted by atomic mass is 16.6. The van der Waals surface area contributed by atoms with Crippen molar-refractivity contribution in [2.45, 2.75) is 31.3 Å². The Hall–Kier alpha value is -3.15. The molecule has 2 aromatic rings. The SMILES string of the molecule is CON=C(C(N)=O)c1ccccc1CON=CC1(c2ccccc2)CC1C1CC1. The van der Waals surface area contributed by atoms with E-state index < -0.39 is 5.91 Å². The van der Waals surface area contributed by atoms with E-state index in [9.17, 15) is 4.79 Å². The Balaban J connectivity index is 1.48. The highest BCUT2D eigenvalue weighted by molar-refractivity contribution is 6.45. The van der Waals surface area contributed by atoms with Gasteiger partial charge in [0.25, 0.3) is 5.91 Å². The second-order valence-electron chi connectivity index (χ2n) is 7.71. The summed E-state index contributed by atoms with van der Waals surface area (Å²) in [6.07, 6.45) is 5.72. The van der Waals surface area contributed by atoms with Crippen LogP contribution in [-0.4, -0.2) is 24.9 Å². The Morgan fingerprint density at radius 1 is 1.17 bits per heavy atom. The third-order valence-electron chi connectivity index (χ3n) is 5.83. The molecule has 0 radical (unpaired) electrons. The maximum Gasteiger partial charge on any atom is 0.271 e. The Morgan fingerprint density at radius 3 is 2.59 bits per heavy atom. The first-order chi connectivity index (χ1) is 14.2. The first-order valence-corrected chi connectivity index (χ1v) is 9.87. The fourth-order valence-electron chi connectivity index (χ4n) is 4.13. The minimum absolute atomic E-state index is 0.0160. The number of oxime groups is 2. The smallest absolute Gasteiger partial charge is 0.271 e. The summed E-state index contributed by atoms with van der Waals surface area (Å²) in [7, 11) is 1.38. The number of rotatable bonds is 9. The third-order valence-corrected chi connectivity index (χ3v) is 5.83. The maximum atomic E-state index is 11.7.